The maximum absolute atomic E-state index is 13.9. The Kier molecular flexibility index (Phi) is 31.0. The minimum absolute atomic E-state index is 0.0476. The fourth-order valence-electron chi connectivity index (χ4n) is 19.9. The van der Waals surface area contributed by atoms with Crippen LogP contribution in [0, 0.1) is 101 Å². The molecule has 1 aliphatic heterocycles. The molecule has 4 heterocycles. The molecule has 6 aromatic carbocycles. The van der Waals surface area contributed by atoms with Gasteiger partial charge in [0, 0.05) is 176 Å². The van der Waals surface area contributed by atoms with Crippen LogP contribution in [0.25, 0.3) is 50.1 Å². The minimum Gasteiger partial charge on any atom is -0.494 e. The van der Waals surface area contributed by atoms with E-state index >= 15 is 0 Å². The monoisotopic (exact) mass is 1840 g/mol. The van der Waals surface area contributed by atoms with Gasteiger partial charge in [0.2, 0.25) is 23.5 Å². The number of aromatic nitrogens is 6. The highest BCUT2D eigenvalue weighted by atomic mass is 35.5. The van der Waals surface area contributed by atoms with E-state index in [1.54, 1.807) is 0 Å². The van der Waals surface area contributed by atoms with E-state index in [9.17, 15) is 24.0 Å². The molecule has 1 saturated heterocycles. The number of allylic oxidation sites excluding steroid dienone is 3. The Hall–Kier alpha value is -9.14. The zero-order valence-corrected chi connectivity index (χ0v) is 81.5. The van der Waals surface area contributed by atoms with Gasteiger partial charge in [-0.05, 0) is 310 Å². The number of ketones is 1. The van der Waals surface area contributed by atoms with E-state index < -0.39 is 11.7 Å². The second-order valence-corrected chi connectivity index (χ2v) is 38.6. The van der Waals surface area contributed by atoms with E-state index in [0.29, 0.717) is 104 Å². The van der Waals surface area contributed by atoms with Crippen molar-refractivity contribution in [2.45, 2.75) is 232 Å². The lowest BCUT2D eigenvalue weighted by Crippen LogP contribution is -2.40. The number of ether oxygens (including phenoxy) is 3. The summed E-state index contributed by atoms with van der Waals surface area (Å²) < 4.78 is 24.0. The Morgan fingerprint density at radius 3 is 1.10 bits per heavy atom. The van der Waals surface area contributed by atoms with Crippen LogP contribution >= 0.6 is 69.6 Å². The zero-order valence-electron chi connectivity index (χ0n) is 76.9. The molecule has 3 N–H and O–H groups in total. The van der Waals surface area contributed by atoms with E-state index in [0.717, 1.165) is 245 Å². The van der Waals surface area contributed by atoms with Gasteiger partial charge < -0.3 is 35.1 Å². The van der Waals surface area contributed by atoms with Crippen LogP contribution < -0.4 is 30.2 Å². The molecular formula is C103H122Cl6N10O8. The first-order valence-electron chi connectivity index (χ1n) is 45.0. The normalized spacial score (nSPS) is 17.6. The van der Waals surface area contributed by atoms with E-state index in [1.807, 2.05) is 165 Å². The molecule has 0 bridgehead atoms. The number of carbonyl (C=O) groups is 5. The molecule has 15 rings (SSSR count). The summed E-state index contributed by atoms with van der Waals surface area (Å²) >= 11 is 39.7. The first kappa shape index (κ1) is 95.4. The van der Waals surface area contributed by atoms with Crippen LogP contribution in [0.2, 0.25) is 30.1 Å². The third-order valence-corrected chi connectivity index (χ3v) is 29.6. The molecule has 6 aliphatic rings. The van der Waals surface area contributed by atoms with Crippen LogP contribution in [0.15, 0.2) is 89.5 Å². The largest absolute Gasteiger partial charge is 0.494 e. The smallest absolute Gasteiger partial charge is 0.289 e. The van der Waals surface area contributed by atoms with Gasteiger partial charge in [-0.15, -0.1) is 0 Å². The van der Waals surface area contributed by atoms with Gasteiger partial charge in [-0.2, -0.15) is 15.3 Å². The SMILES string of the molecule is CC(=O)C(=O)N1CC[C@H](NC(=O)C2=C(CCCOc3cc(C)c(Cl)c(C)c3)c3ccc(Cl)c(-c4c(C)nn(C)c4C)c3C2)C1.Cc1cc(OCCCC2=C(C(=O)NCC3CCC(C)CC3)Cc3c2ccc(Cl)c3-c2c(C)nn(C)c2C)cc(C)c1Cl.Cc1cc(OCCCC2=C(C(=O)N[C@@H]3CCC[C@@H](C)C3)Cc3c2ccc(Cl)c3-c2c(C)nn(C)c2C)cc(C)c1Cl. The Morgan fingerprint density at radius 1 is 0.425 bits per heavy atom. The summed E-state index contributed by atoms with van der Waals surface area (Å²) in [5.41, 5.74) is 30.0. The first-order chi connectivity index (χ1) is 60.5. The third-order valence-electron chi connectivity index (χ3n) is 26.8. The minimum atomic E-state index is -0.512. The van der Waals surface area contributed by atoms with Crippen LogP contribution in [0.3, 0.4) is 0 Å². The molecule has 2 saturated carbocycles. The van der Waals surface area contributed by atoms with Crippen molar-refractivity contribution in [3.63, 3.8) is 0 Å². The van der Waals surface area contributed by atoms with Crippen molar-refractivity contribution < 1.29 is 38.2 Å². The van der Waals surface area contributed by atoms with Gasteiger partial charge in [-0.3, -0.25) is 38.0 Å². The number of carbonyl (C=O) groups excluding carboxylic acids is 5. The van der Waals surface area contributed by atoms with Crippen molar-refractivity contribution in [1.82, 2.24) is 50.2 Å². The van der Waals surface area contributed by atoms with E-state index in [2.05, 4.69) is 71.1 Å². The highest BCUT2D eigenvalue weighted by Gasteiger charge is 2.38. The Bertz CT molecular complexity index is 5810. The predicted molar refractivity (Wildman–Crippen MR) is 516 cm³/mol. The lowest BCUT2D eigenvalue weighted by Gasteiger charge is -2.27. The third kappa shape index (κ3) is 21.3. The van der Waals surface area contributed by atoms with Crippen molar-refractivity contribution in [2.24, 2.45) is 38.9 Å². The Labute approximate surface area is 779 Å². The number of rotatable bonds is 26. The van der Waals surface area contributed by atoms with Crippen LogP contribution in [0.5, 0.6) is 17.2 Å². The summed E-state index contributed by atoms with van der Waals surface area (Å²) in [5, 5.41) is 28.1. The number of nitrogens with zero attached hydrogens (tertiary/aromatic N) is 7. The van der Waals surface area contributed by atoms with Gasteiger partial charge in [-0.25, -0.2) is 0 Å². The zero-order chi connectivity index (χ0) is 91.4. The van der Waals surface area contributed by atoms with E-state index in [1.165, 1.54) is 50.3 Å². The molecule has 24 heteroatoms. The molecule has 4 amide bonds. The molecule has 674 valence electrons. The van der Waals surface area contributed by atoms with Crippen molar-refractivity contribution in [3.8, 4) is 50.6 Å². The lowest BCUT2D eigenvalue weighted by atomic mass is 9.83. The molecule has 9 aromatic rings. The molecule has 0 unspecified atom stereocenters. The van der Waals surface area contributed by atoms with Crippen molar-refractivity contribution in [1.29, 1.82) is 0 Å². The number of hydrogen-bond donors (Lipinski definition) is 3. The molecule has 3 aromatic heterocycles. The van der Waals surface area contributed by atoms with Crippen LogP contribution in [0.4, 0.5) is 0 Å². The Morgan fingerprint density at radius 2 is 0.772 bits per heavy atom. The highest BCUT2D eigenvalue weighted by Crippen LogP contribution is 2.50. The Balaban J connectivity index is 0.000000163. The molecule has 3 atom stereocenters. The quantitative estimate of drug-likeness (QED) is 0.0343. The molecular weight excluding hydrogens is 1720 g/mol. The first-order valence-corrected chi connectivity index (χ1v) is 47.2. The molecule has 5 aliphatic carbocycles. The number of fused-ring (bicyclic) bond motifs is 3. The average molecular weight is 1840 g/mol. The second kappa shape index (κ2) is 41.3. The number of Topliss-reactive ketones (excluding diaryl/α,β-unsaturated/α-hetero) is 1. The second-order valence-electron chi connectivity index (χ2n) is 36.3. The number of aryl methyl sites for hydroxylation is 12. The number of hydrogen-bond acceptors (Lipinski definition) is 11. The van der Waals surface area contributed by atoms with Gasteiger partial charge in [0.15, 0.2) is 0 Å². The fraction of sp³-hybridized carbons (Fsp3) is 0.456. The summed E-state index contributed by atoms with van der Waals surface area (Å²) in [6, 6.07) is 23.8. The summed E-state index contributed by atoms with van der Waals surface area (Å²) in [6.45, 7) is 33.1. The number of benzene rings is 6. The van der Waals surface area contributed by atoms with Crippen LogP contribution in [-0.2, 0) is 64.4 Å². The predicted octanol–water partition coefficient (Wildman–Crippen LogP) is 23.3. The fourth-order valence-corrected chi connectivity index (χ4v) is 21.0. The highest BCUT2D eigenvalue weighted by molar-refractivity contribution is 6.36. The van der Waals surface area contributed by atoms with Crippen molar-refractivity contribution in [2.75, 3.05) is 39.5 Å². The molecule has 0 spiro atoms. The number of nitrogens with one attached hydrogen (secondary N) is 3. The standard InChI is InChI=1S/C35H43Cl2N3O2.C34H38Cl2N4O4.C34H41Cl2N3O2/c1-20-9-11-25(12-10-20)19-38-35(41)30-18-29-28(13-14-31(36)33(29)32-23(4)39-40(6)24(32)5)27(30)8-7-15-42-26-16-21(2)34(37)22(3)17-26;1-18-14-24(15-19(2)32(18)36)44-13-7-8-25-26-9-10-29(35)31(30-20(3)38-39(6)21(30)4)27(26)16-28(25)33(42)37-23-11-12-40(17-23)34(43)22(5)41;1-19-9-7-10-24(15-19)37-34(40)29-18-28-27(12-13-30(35)32(28)31-22(4)38-39(6)23(31)5)26(29)11-8-14-41-25-16-20(2)33(36)21(3)17-25/h13-14,16-17,20,25H,7-12,15,18-19H2,1-6H3,(H,38,41);9-10,14-15,23H,7-8,11-13,16-17H2,1-6H3,(H,37,42);12-13,16-17,19,24H,7-11,14-15,18H2,1-6H3,(H,37,40)/t;23-;19-,24-/m.01/s1. The van der Waals surface area contributed by atoms with E-state index in [4.69, 9.17) is 83.8 Å². The van der Waals surface area contributed by atoms with Gasteiger partial charge in [0.05, 0.1) is 36.9 Å². The summed E-state index contributed by atoms with van der Waals surface area (Å²) in [4.78, 5) is 66.9. The number of amides is 4. The molecule has 0 radical (unpaired) electrons. The maximum atomic E-state index is 13.9. The topological polar surface area (TPSA) is 206 Å². The van der Waals surface area contributed by atoms with Crippen LogP contribution in [-0.4, -0.2) is 115 Å². The summed E-state index contributed by atoms with van der Waals surface area (Å²) in [7, 11) is 5.83. The molecule has 127 heavy (non-hydrogen) atoms. The van der Waals surface area contributed by atoms with Crippen molar-refractivity contribution >= 4 is 116 Å². The lowest BCUT2D eigenvalue weighted by molar-refractivity contribution is -0.142. The molecule has 3 fully saturated rings. The van der Waals surface area contributed by atoms with Gasteiger partial charge in [-0.1, -0.05) is 127 Å². The van der Waals surface area contributed by atoms with Gasteiger partial charge in [0.25, 0.3) is 5.91 Å². The number of halogens is 6. The van der Waals surface area contributed by atoms with Crippen molar-refractivity contribution in [3.05, 3.63) is 221 Å². The van der Waals surface area contributed by atoms with E-state index in [-0.39, 0.29) is 29.8 Å². The maximum Gasteiger partial charge on any atom is 0.289 e. The summed E-state index contributed by atoms with van der Waals surface area (Å²) in [6.07, 6.45) is 15.9. The van der Waals surface area contributed by atoms with Gasteiger partial charge >= 0.3 is 0 Å². The average Bonchev–Trinajstić information content (AvgIpc) is 1.61. The summed E-state index contributed by atoms with van der Waals surface area (Å²) in [5.74, 6) is 3.35. The van der Waals surface area contributed by atoms with Gasteiger partial charge in [0.1, 0.15) is 17.2 Å². The number of likely N-dealkylation sites (tertiary alicyclic amines) is 1. The molecule has 18 nitrogen and oxygen atoms in total. The van der Waals surface area contributed by atoms with Crippen LogP contribution in [0.1, 0.15) is 218 Å².